The molecule has 0 aliphatic heterocycles. The van der Waals surface area contributed by atoms with Crippen LogP contribution < -0.4 is 10.5 Å². The summed E-state index contributed by atoms with van der Waals surface area (Å²) in [6.45, 7) is 10.5. The second-order valence-corrected chi connectivity index (χ2v) is 6.10. The first-order valence-electron chi connectivity index (χ1n) is 6.90. The first-order valence-corrected chi connectivity index (χ1v) is 7.27. The van der Waals surface area contributed by atoms with Crippen molar-refractivity contribution < 1.29 is 0 Å². The van der Waals surface area contributed by atoms with Crippen LogP contribution in [0.4, 0.5) is 5.82 Å². The fourth-order valence-electron chi connectivity index (χ4n) is 1.75. The highest BCUT2D eigenvalue weighted by Crippen LogP contribution is 2.20. The Morgan fingerprint density at radius 3 is 2.21 bits per heavy atom. The highest BCUT2D eigenvalue weighted by Gasteiger charge is 2.15. The van der Waals surface area contributed by atoms with E-state index in [1.807, 2.05) is 0 Å². The molecule has 0 aliphatic carbocycles. The molecule has 0 spiro atoms. The molecule has 0 amide bonds. The number of rotatable bonds is 7. The zero-order valence-corrected chi connectivity index (χ0v) is 13.0. The van der Waals surface area contributed by atoms with Gasteiger partial charge in [0.2, 0.25) is 0 Å². The van der Waals surface area contributed by atoms with E-state index in [0.29, 0.717) is 17.7 Å². The smallest absolute Gasteiger partial charge is 0.271 e. The van der Waals surface area contributed by atoms with E-state index in [9.17, 15) is 4.79 Å². The van der Waals surface area contributed by atoms with Gasteiger partial charge in [0.25, 0.3) is 5.56 Å². The quantitative estimate of drug-likeness (QED) is 0.836. The first kappa shape index (κ1) is 16.0. The van der Waals surface area contributed by atoms with Gasteiger partial charge in [0.15, 0.2) is 5.82 Å². The normalized spacial score (nSPS) is 11.3. The molecule has 0 radical (unpaired) electrons. The second kappa shape index (κ2) is 7.53. The summed E-state index contributed by atoms with van der Waals surface area (Å²) in [4.78, 5) is 20.4. The van der Waals surface area contributed by atoms with E-state index in [1.54, 1.807) is 0 Å². The minimum absolute atomic E-state index is 0.190. The second-order valence-electron chi connectivity index (χ2n) is 5.72. The maximum absolute atomic E-state index is 11.6. The molecule has 0 atom stereocenters. The van der Waals surface area contributed by atoms with Gasteiger partial charge in [-0.25, -0.2) is 4.98 Å². The third kappa shape index (κ3) is 5.23. The molecule has 108 valence electrons. The van der Waals surface area contributed by atoms with Crippen molar-refractivity contribution in [1.29, 1.82) is 0 Å². The third-order valence-electron chi connectivity index (χ3n) is 3.03. The number of nitrogens with one attached hydrogen (secondary N) is 1. The van der Waals surface area contributed by atoms with E-state index < -0.39 is 0 Å². The summed E-state index contributed by atoms with van der Waals surface area (Å²) in [5.41, 5.74) is -0.272. The van der Waals surface area contributed by atoms with Crippen LogP contribution >= 0.6 is 11.6 Å². The first-order chi connectivity index (χ1) is 8.91. The molecule has 1 N–H and O–H groups in total. The Labute approximate surface area is 120 Å². The van der Waals surface area contributed by atoms with Crippen molar-refractivity contribution in [2.24, 2.45) is 11.8 Å². The lowest BCUT2D eigenvalue weighted by Crippen LogP contribution is -2.30. The Kier molecular flexibility index (Phi) is 6.35. The minimum Gasteiger partial charge on any atom is -0.355 e. The van der Waals surface area contributed by atoms with Crippen LogP contribution in [0.1, 0.15) is 40.5 Å². The average Bonchev–Trinajstić information content (AvgIpc) is 2.33. The molecule has 0 saturated carbocycles. The van der Waals surface area contributed by atoms with Crippen molar-refractivity contribution in [3.63, 3.8) is 0 Å². The van der Waals surface area contributed by atoms with Gasteiger partial charge in [-0.3, -0.25) is 4.79 Å². The van der Waals surface area contributed by atoms with E-state index in [-0.39, 0.29) is 10.6 Å². The number of halogens is 1. The van der Waals surface area contributed by atoms with Crippen LogP contribution in [-0.2, 0) is 0 Å². The van der Waals surface area contributed by atoms with Crippen LogP contribution in [-0.4, -0.2) is 23.1 Å². The molecule has 5 heteroatoms. The Morgan fingerprint density at radius 1 is 1.21 bits per heavy atom. The average molecular weight is 286 g/mol. The molecule has 0 aliphatic rings. The fraction of sp³-hybridized carbons (Fsp3) is 0.714. The number of anilines is 1. The van der Waals surface area contributed by atoms with E-state index in [0.717, 1.165) is 25.9 Å². The lowest BCUT2D eigenvalue weighted by molar-refractivity contribution is 0.532. The molecule has 1 aromatic heterocycles. The van der Waals surface area contributed by atoms with Crippen molar-refractivity contribution in [3.05, 3.63) is 21.7 Å². The molecule has 1 heterocycles. The maximum atomic E-state index is 11.6. The maximum Gasteiger partial charge on any atom is 0.271 e. The van der Waals surface area contributed by atoms with Crippen LogP contribution in [0.15, 0.2) is 11.1 Å². The Balaban J connectivity index is 2.87. The predicted molar refractivity (Wildman–Crippen MR) is 81.0 cm³/mol. The number of aromatic nitrogens is 2. The summed E-state index contributed by atoms with van der Waals surface area (Å²) >= 11 is 6.07. The van der Waals surface area contributed by atoms with Crippen LogP contribution in [0.3, 0.4) is 0 Å². The van der Waals surface area contributed by atoms with E-state index in [1.165, 1.54) is 6.33 Å². The topological polar surface area (TPSA) is 49.0 Å². The van der Waals surface area contributed by atoms with Crippen molar-refractivity contribution in [3.8, 4) is 0 Å². The van der Waals surface area contributed by atoms with Gasteiger partial charge in [-0.2, -0.15) is 0 Å². The van der Waals surface area contributed by atoms with E-state index in [4.69, 9.17) is 11.6 Å². The summed E-state index contributed by atoms with van der Waals surface area (Å²) in [6.07, 6.45) is 3.53. The van der Waals surface area contributed by atoms with Gasteiger partial charge >= 0.3 is 0 Å². The summed E-state index contributed by atoms with van der Waals surface area (Å²) in [7, 11) is 0. The van der Waals surface area contributed by atoms with Crippen LogP contribution in [0.25, 0.3) is 0 Å². The van der Waals surface area contributed by atoms with Gasteiger partial charge < -0.3 is 9.88 Å². The largest absolute Gasteiger partial charge is 0.355 e. The molecular weight excluding hydrogens is 262 g/mol. The van der Waals surface area contributed by atoms with Gasteiger partial charge in [-0.1, -0.05) is 39.3 Å². The van der Waals surface area contributed by atoms with Gasteiger partial charge in [-0.15, -0.1) is 0 Å². The third-order valence-corrected chi connectivity index (χ3v) is 3.37. The molecule has 0 aromatic carbocycles. The van der Waals surface area contributed by atoms with Crippen LogP contribution in [0.5, 0.6) is 0 Å². The van der Waals surface area contributed by atoms with Gasteiger partial charge in [0.05, 0.1) is 6.33 Å². The lowest BCUT2D eigenvalue weighted by atomic mass is 10.1. The molecule has 0 saturated heterocycles. The highest BCUT2D eigenvalue weighted by molar-refractivity contribution is 6.32. The number of H-pyrrole nitrogens is 1. The molecule has 19 heavy (non-hydrogen) atoms. The van der Waals surface area contributed by atoms with Gasteiger partial charge in [0.1, 0.15) is 5.02 Å². The van der Waals surface area contributed by atoms with Crippen molar-refractivity contribution >= 4 is 17.4 Å². The molecule has 1 rings (SSSR count). The summed E-state index contributed by atoms with van der Waals surface area (Å²) in [5.74, 6) is 1.83. The zero-order valence-electron chi connectivity index (χ0n) is 12.2. The molecule has 0 unspecified atom stereocenters. The van der Waals surface area contributed by atoms with Gasteiger partial charge in [0, 0.05) is 13.1 Å². The van der Waals surface area contributed by atoms with Crippen molar-refractivity contribution in [1.82, 2.24) is 9.97 Å². The standard InChI is InChI=1S/C14H24ClN3O/c1-10(2)5-7-18(8-6-11(3)4)13-12(15)14(19)17-9-16-13/h9-11H,5-8H2,1-4H3,(H,16,17,19). The number of nitrogens with zero attached hydrogens (tertiary/aromatic N) is 2. The molecule has 0 bridgehead atoms. The number of hydrogen-bond acceptors (Lipinski definition) is 3. The van der Waals surface area contributed by atoms with E-state index >= 15 is 0 Å². The molecule has 0 fully saturated rings. The molecule has 1 aromatic rings. The Morgan fingerprint density at radius 2 is 1.74 bits per heavy atom. The molecule has 4 nitrogen and oxygen atoms in total. The zero-order chi connectivity index (χ0) is 14.4. The SMILES string of the molecule is CC(C)CCN(CCC(C)C)c1nc[nH]c(=O)c1Cl. The van der Waals surface area contributed by atoms with E-state index in [2.05, 4.69) is 42.6 Å². The monoisotopic (exact) mass is 285 g/mol. The summed E-state index contributed by atoms with van der Waals surface area (Å²) in [5, 5.41) is 0.190. The van der Waals surface area contributed by atoms with Crippen LogP contribution in [0, 0.1) is 11.8 Å². The fourth-order valence-corrected chi connectivity index (χ4v) is 1.97. The predicted octanol–water partition coefficient (Wildman–Crippen LogP) is 3.32. The summed E-state index contributed by atoms with van der Waals surface area (Å²) in [6, 6.07) is 0. The molecular formula is C14H24ClN3O. The lowest BCUT2D eigenvalue weighted by Gasteiger charge is -2.25. The Hall–Kier alpha value is -1.03. The van der Waals surface area contributed by atoms with Crippen molar-refractivity contribution in [2.75, 3.05) is 18.0 Å². The Bertz CT molecular complexity index is 431. The van der Waals surface area contributed by atoms with Gasteiger partial charge in [-0.05, 0) is 24.7 Å². The van der Waals surface area contributed by atoms with Crippen molar-refractivity contribution in [2.45, 2.75) is 40.5 Å². The number of hydrogen-bond donors (Lipinski definition) is 1. The number of aromatic amines is 1. The highest BCUT2D eigenvalue weighted by atomic mass is 35.5. The van der Waals surface area contributed by atoms with Crippen LogP contribution in [0.2, 0.25) is 5.02 Å². The minimum atomic E-state index is -0.272. The summed E-state index contributed by atoms with van der Waals surface area (Å²) < 4.78 is 0.